The first kappa shape index (κ1) is 11.9. The summed E-state index contributed by atoms with van der Waals surface area (Å²) in [4.78, 5) is 18.4. The maximum Gasteiger partial charge on any atom is 0.310 e. The van der Waals surface area contributed by atoms with Crippen molar-refractivity contribution in [3.63, 3.8) is 0 Å². The van der Waals surface area contributed by atoms with E-state index in [9.17, 15) is 4.79 Å². The van der Waals surface area contributed by atoms with Gasteiger partial charge >= 0.3 is 5.97 Å². The zero-order chi connectivity index (χ0) is 12.5. The topological polar surface area (TPSA) is 55.3 Å². The fourth-order valence-electron chi connectivity index (χ4n) is 2.37. The summed E-state index contributed by atoms with van der Waals surface area (Å²) in [7, 11) is 1.46. The number of hydrogen-bond donors (Lipinski definition) is 0. The first-order chi connectivity index (χ1) is 8.78. The molecule has 1 unspecified atom stereocenters. The van der Waals surface area contributed by atoms with Gasteiger partial charge in [-0.3, -0.25) is 4.79 Å². The van der Waals surface area contributed by atoms with Crippen LogP contribution in [0.5, 0.6) is 0 Å². The number of carbonyl (C=O) groups is 1. The number of carbonyl (C=O) groups excluding carboxylic acids is 1. The van der Waals surface area contributed by atoms with Gasteiger partial charge in [-0.05, 0) is 25.7 Å². The summed E-state index contributed by atoms with van der Waals surface area (Å²) in [5.74, 6) is 1.47. The first-order valence-electron chi connectivity index (χ1n) is 6.44. The number of ether oxygens (including phenoxy) is 1. The van der Waals surface area contributed by atoms with Crippen molar-refractivity contribution in [2.24, 2.45) is 5.92 Å². The molecular formula is C12H17N3O2S. The second-order valence-electron chi connectivity index (χ2n) is 5.02. The number of aromatic nitrogens is 2. The zero-order valence-electron chi connectivity index (χ0n) is 10.5. The van der Waals surface area contributed by atoms with Crippen molar-refractivity contribution >= 4 is 22.6 Å². The molecule has 18 heavy (non-hydrogen) atoms. The van der Waals surface area contributed by atoms with Crippen LogP contribution in [-0.4, -0.2) is 35.5 Å². The van der Waals surface area contributed by atoms with E-state index >= 15 is 0 Å². The minimum atomic E-state index is -0.105. The van der Waals surface area contributed by atoms with Gasteiger partial charge in [-0.15, -0.1) is 0 Å². The highest BCUT2D eigenvalue weighted by atomic mass is 32.1. The Morgan fingerprint density at radius 1 is 1.44 bits per heavy atom. The molecule has 3 rings (SSSR count). The molecule has 0 amide bonds. The summed E-state index contributed by atoms with van der Waals surface area (Å²) in [5.41, 5.74) is 0. The molecule has 1 aliphatic carbocycles. The lowest BCUT2D eigenvalue weighted by Gasteiger charge is -2.30. The predicted octanol–water partition coefficient (Wildman–Crippen LogP) is 1.80. The molecule has 2 heterocycles. The third kappa shape index (κ3) is 2.34. The van der Waals surface area contributed by atoms with E-state index < -0.39 is 0 Å². The average Bonchev–Trinajstić information content (AvgIpc) is 3.15. The van der Waals surface area contributed by atoms with Gasteiger partial charge in [-0.1, -0.05) is 0 Å². The van der Waals surface area contributed by atoms with Crippen molar-refractivity contribution in [3.8, 4) is 0 Å². The summed E-state index contributed by atoms with van der Waals surface area (Å²) < 4.78 is 9.25. The van der Waals surface area contributed by atoms with Crippen LogP contribution in [-0.2, 0) is 9.53 Å². The Morgan fingerprint density at radius 3 is 3.00 bits per heavy atom. The SMILES string of the molecule is COC(=O)C1CCCN(c2nc(C3CC3)ns2)C1. The highest BCUT2D eigenvalue weighted by molar-refractivity contribution is 7.09. The van der Waals surface area contributed by atoms with Crippen molar-refractivity contribution in [2.75, 3.05) is 25.1 Å². The van der Waals surface area contributed by atoms with E-state index in [1.807, 2.05) is 0 Å². The lowest BCUT2D eigenvalue weighted by atomic mass is 9.99. The van der Waals surface area contributed by atoms with Crippen LogP contribution in [0.1, 0.15) is 37.4 Å². The number of hydrogen-bond acceptors (Lipinski definition) is 6. The summed E-state index contributed by atoms with van der Waals surface area (Å²) in [6.45, 7) is 1.68. The predicted molar refractivity (Wildman–Crippen MR) is 68.8 cm³/mol. The second kappa shape index (κ2) is 4.84. The maximum atomic E-state index is 11.6. The van der Waals surface area contributed by atoms with Gasteiger partial charge in [0.1, 0.15) is 5.82 Å². The Balaban J connectivity index is 1.68. The van der Waals surface area contributed by atoms with Gasteiger partial charge in [0.15, 0.2) is 0 Å². The molecule has 0 aromatic carbocycles. The van der Waals surface area contributed by atoms with Crippen LogP contribution in [0.4, 0.5) is 5.13 Å². The molecule has 1 atom stereocenters. The molecule has 1 saturated heterocycles. The Labute approximate surface area is 110 Å². The van der Waals surface area contributed by atoms with Crippen molar-refractivity contribution in [1.29, 1.82) is 0 Å². The Hall–Kier alpha value is -1.17. The summed E-state index contributed by atoms with van der Waals surface area (Å²) >= 11 is 1.46. The molecule has 6 heteroatoms. The summed E-state index contributed by atoms with van der Waals surface area (Å²) in [5, 5.41) is 0.963. The van der Waals surface area contributed by atoms with E-state index in [4.69, 9.17) is 4.74 Å². The smallest absolute Gasteiger partial charge is 0.310 e. The Bertz CT molecular complexity index is 444. The minimum Gasteiger partial charge on any atom is -0.469 e. The van der Waals surface area contributed by atoms with Crippen molar-refractivity contribution in [3.05, 3.63) is 5.82 Å². The average molecular weight is 267 g/mol. The van der Waals surface area contributed by atoms with E-state index in [1.54, 1.807) is 0 Å². The van der Waals surface area contributed by atoms with Gasteiger partial charge in [0.2, 0.25) is 5.13 Å². The number of methoxy groups -OCH3 is 1. The third-order valence-corrected chi connectivity index (χ3v) is 4.39. The molecule has 98 valence electrons. The van der Waals surface area contributed by atoms with Crippen LogP contribution in [0.25, 0.3) is 0 Å². The monoisotopic (exact) mass is 267 g/mol. The molecule has 5 nitrogen and oxygen atoms in total. The molecule has 0 spiro atoms. The Morgan fingerprint density at radius 2 is 2.28 bits per heavy atom. The van der Waals surface area contributed by atoms with E-state index in [0.717, 1.165) is 30.3 Å². The third-order valence-electron chi connectivity index (χ3n) is 3.60. The van der Waals surface area contributed by atoms with E-state index in [1.165, 1.54) is 31.5 Å². The fraction of sp³-hybridized carbons (Fsp3) is 0.750. The van der Waals surface area contributed by atoms with Gasteiger partial charge < -0.3 is 9.64 Å². The molecule has 1 aromatic heterocycles. The van der Waals surface area contributed by atoms with Crippen molar-refractivity contribution in [1.82, 2.24) is 9.36 Å². The standard InChI is InChI=1S/C12H17N3O2S/c1-17-11(16)9-3-2-6-15(7-9)12-13-10(14-18-12)8-4-5-8/h8-9H,2-7H2,1H3. The maximum absolute atomic E-state index is 11.6. The minimum absolute atomic E-state index is 0.0166. The van der Waals surface area contributed by atoms with Crippen LogP contribution in [0.3, 0.4) is 0 Å². The lowest BCUT2D eigenvalue weighted by Crippen LogP contribution is -2.39. The van der Waals surface area contributed by atoms with Crippen LogP contribution in [0.15, 0.2) is 0 Å². The van der Waals surface area contributed by atoms with Gasteiger partial charge in [0.25, 0.3) is 0 Å². The molecule has 1 aliphatic heterocycles. The summed E-state index contributed by atoms with van der Waals surface area (Å²) in [6.07, 6.45) is 4.37. The molecule has 2 aliphatic rings. The second-order valence-corrected chi connectivity index (χ2v) is 5.75. The number of nitrogens with zero attached hydrogens (tertiary/aromatic N) is 3. The molecule has 1 saturated carbocycles. The molecule has 0 N–H and O–H groups in total. The molecule has 2 fully saturated rings. The van der Waals surface area contributed by atoms with E-state index in [0.29, 0.717) is 12.5 Å². The first-order valence-corrected chi connectivity index (χ1v) is 7.21. The summed E-state index contributed by atoms with van der Waals surface area (Å²) in [6, 6.07) is 0. The molecule has 0 radical (unpaired) electrons. The Kier molecular flexibility index (Phi) is 3.20. The highest BCUT2D eigenvalue weighted by Gasteiger charge is 2.31. The number of rotatable bonds is 3. The van der Waals surface area contributed by atoms with Crippen LogP contribution < -0.4 is 4.90 Å². The normalized spacial score (nSPS) is 24.1. The van der Waals surface area contributed by atoms with Crippen molar-refractivity contribution in [2.45, 2.75) is 31.6 Å². The van der Waals surface area contributed by atoms with Crippen LogP contribution in [0, 0.1) is 5.92 Å². The van der Waals surface area contributed by atoms with Crippen LogP contribution in [0.2, 0.25) is 0 Å². The lowest BCUT2D eigenvalue weighted by molar-refractivity contribution is -0.145. The zero-order valence-corrected chi connectivity index (χ0v) is 11.3. The molecular weight excluding hydrogens is 250 g/mol. The van der Waals surface area contributed by atoms with E-state index in [2.05, 4.69) is 14.3 Å². The number of esters is 1. The van der Waals surface area contributed by atoms with Crippen molar-refractivity contribution < 1.29 is 9.53 Å². The largest absolute Gasteiger partial charge is 0.469 e. The van der Waals surface area contributed by atoms with Gasteiger partial charge in [0.05, 0.1) is 13.0 Å². The van der Waals surface area contributed by atoms with Gasteiger partial charge in [-0.25, -0.2) is 4.98 Å². The van der Waals surface area contributed by atoms with Gasteiger partial charge in [0, 0.05) is 30.5 Å². The van der Waals surface area contributed by atoms with E-state index in [-0.39, 0.29) is 11.9 Å². The number of piperidine rings is 1. The highest BCUT2D eigenvalue weighted by Crippen LogP contribution is 2.40. The van der Waals surface area contributed by atoms with Crippen LogP contribution >= 0.6 is 11.5 Å². The fourth-order valence-corrected chi connectivity index (χ4v) is 3.15. The molecule has 1 aromatic rings. The quantitative estimate of drug-likeness (QED) is 0.782. The molecule has 0 bridgehead atoms. The van der Waals surface area contributed by atoms with Gasteiger partial charge in [-0.2, -0.15) is 4.37 Å². The number of anilines is 1.